The maximum absolute atomic E-state index is 14.9. The lowest BCUT2D eigenvalue weighted by molar-refractivity contribution is -0.304. The zero-order valence-corrected chi connectivity index (χ0v) is 46.2. The molecule has 0 heterocycles. The van der Waals surface area contributed by atoms with E-state index in [1.165, 1.54) is 12.1 Å². The van der Waals surface area contributed by atoms with Gasteiger partial charge in [-0.25, -0.2) is 33.5 Å². The summed E-state index contributed by atoms with van der Waals surface area (Å²) in [6.07, 6.45) is 17.8. The molecule has 430 valence electrons. The number of unbranched alkanes of at least 4 members (excludes halogenated alkanes) is 12. The molecule has 80 heavy (non-hydrogen) atoms. The minimum atomic E-state index is -0.584. The van der Waals surface area contributed by atoms with Crippen LogP contribution in [-0.4, -0.2) is 71.4 Å². The summed E-state index contributed by atoms with van der Waals surface area (Å²) in [4.78, 5) is 54.9. The molecular weight excluding hydrogens is 1020 g/mol. The Kier molecular flexibility index (Phi) is 32.5. The van der Waals surface area contributed by atoms with E-state index in [1.54, 1.807) is 36.4 Å². The van der Waals surface area contributed by atoms with E-state index in [9.17, 15) is 14.0 Å². The largest absolute Gasteiger partial charge is 0.494 e. The molecule has 0 fully saturated rings. The fraction of sp³-hybridized carbons (Fsp3) is 0.415. The third-order valence-corrected chi connectivity index (χ3v) is 12.1. The van der Waals surface area contributed by atoms with Crippen LogP contribution in [0.2, 0.25) is 0 Å². The molecule has 0 saturated carbocycles. The van der Waals surface area contributed by atoms with Crippen molar-refractivity contribution in [1.82, 2.24) is 0 Å². The van der Waals surface area contributed by atoms with Crippen LogP contribution in [0.15, 0.2) is 141 Å². The Balaban J connectivity index is 0.817. The fourth-order valence-corrected chi connectivity index (χ4v) is 7.55. The lowest BCUT2D eigenvalue weighted by Gasteiger charge is -2.09. The Labute approximate surface area is 472 Å². The zero-order chi connectivity index (χ0) is 56.3. The average molecular weight is 1100 g/mol. The molecule has 0 saturated heterocycles. The molecule has 0 atom stereocenters. The number of hydrogen-bond donors (Lipinski definition) is 0. The Bertz CT molecular complexity index is 2540. The molecule has 0 bridgehead atoms. The highest BCUT2D eigenvalue weighted by atomic mass is 19.1. The molecule has 0 amide bonds. The normalized spacial score (nSPS) is 10.8. The van der Waals surface area contributed by atoms with Crippen LogP contribution in [0.5, 0.6) is 28.7 Å². The highest BCUT2D eigenvalue weighted by Crippen LogP contribution is 2.21. The summed E-state index contributed by atoms with van der Waals surface area (Å²) in [6, 6.07) is 34.3. The second-order valence-electron chi connectivity index (χ2n) is 18.6. The second-order valence-corrected chi connectivity index (χ2v) is 18.6. The van der Waals surface area contributed by atoms with Crippen molar-refractivity contribution in [3.8, 4) is 40.6 Å². The molecule has 14 nitrogen and oxygen atoms in total. The number of carbonyl (C=O) groups is 2. The lowest BCUT2D eigenvalue weighted by atomic mass is 10.1. The van der Waals surface area contributed by atoms with Crippen molar-refractivity contribution in [2.24, 2.45) is 0 Å². The van der Waals surface area contributed by atoms with E-state index in [-0.39, 0.29) is 18.3 Å². The molecule has 15 heteroatoms. The SMILES string of the molecule is C=CCOOCCCCCCOc1ccc(COOCCCCCCOc2ccc(COOc3ccc(C#Cc4ccc(OCCCCCCOC(=O)c5ccc(OCCCCCCOC(=O)C=C)cc5)cc4)cc3F)cc2)cc1. The molecule has 0 aliphatic heterocycles. The number of carbonyl (C=O) groups excluding carboxylic acids is 2. The maximum atomic E-state index is 14.9. The van der Waals surface area contributed by atoms with Crippen molar-refractivity contribution in [3.05, 3.63) is 174 Å². The van der Waals surface area contributed by atoms with Gasteiger partial charge in [0.25, 0.3) is 0 Å². The Morgan fingerprint density at radius 2 is 0.838 bits per heavy atom. The molecule has 5 aromatic rings. The predicted octanol–water partition coefficient (Wildman–Crippen LogP) is 14.4. The van der Waals surface area contributed by atoms with E-state index >= 15 is 0 Å². The quantitative estimate of drug-likeness (QED) is 0.00693. The van der Waals surface area contributed by atoms with Gasteiger partial charge in [0.2, 0.25) is 5.75 Å². The minimum absolute atomic E-state index is 0.0348. The van der Waals surface area contributed by atoms with Crippen LogP contribution in [0, 0.1) is 17.7 Å². The van der Waals surface area contributed by atoms with E-state index in [2.05, 4.69) is 25.0 Å². The molecule has 0 aromatic heterocycles. The van der Waals surface area contributed by atoms with Gasteiger partial charge in [-0.3, -0.25) is 0 Å². The summed E-state index contributed by atoms with van der Waals surface area (Å²) in [5, 5.41) is 0. The fourth-order valence-electron chi connectivity index (χ4n) is 7.55. The number of benzene rings is 5. The molecule has 0 unspecified atom stereocenters. The zero-order valence-electron chi connectivity index (χ0n) is 46.2. The minimum Gasteiger partial charge on any atom is -0.494 e. The van der Waals surface area contributed by atoms with Crippen molar-refractivity contribution in [2.75, 3.05) is 59.5 Å². The third kappa shape index (κ3) is 28.6. The van der Waals surface area contributed by atoms with Crippen LogP contribution < -0.4 is 23.8 Å². The van der Waals surface area contributed by atoms with Gasteiger partial charge in [-0.15, -0.1) is 6.58 Å². The van der Waals surface area contributed by atoms with Gasteiger partial charge in [-0.05, 0) is 192 Å². The summed E-state index contributed by atoms with van der Waals surface area (Å²) in [7, 11) is 0. The van der Waals surface area contributed by atoms with Gasteiger partial charge in [-0.2, -0.15) is 4.89 Å². The van der Waals surface area contributed by atoms with Gasteiger partial charge in [0.05, 0.1) is 58.4 Å². The molecule has 0 N–H and O–H groups in total. The van der Waals surface area contributed by atoms with Crippen molar-refractivity contribution >= 4 is 11.9 Å². The van der Waals surface area contributed by atoms with Gasteiger partial charge < -0.3 is 33.3 Å². The van der Waals surface area contributed by atoms with E-state index in [4.69, 9.17) is 57.7 Å². The smallest absolute Gasteiger partial charge is 0.338 e. The number of ether oxygens (including phenoxy) is 6. The molecular formula is C65H79FO14. The number of rotatable bonds is 44. The van der Waals surface area contributed by atoms with E-state index in [0.717, 1.165) is 143 Å². The first-order valence-electron chi connectivity index (χ1n) is 27.9. The van der Waals surface area contributed by atoms with Crippen molar-refractivity contribution in [3.63, 3.8) is 0 Å². The standard InChI is InChI=1S/C65H79FO14/c1-3-41-75-76-48-19-11-9-15-43-70-59-34-25-55(26-35-59)51-78-77-49-20-12-10-16-44-71-60-36-27-56(28-37-60)52-79-80-63-40-29-54(50-62(63)66)22-21-53-23-32-58(33-24-53)69-42-14-6-8-18-47-74-65(68)57-30-38-61(39-31-57)72-45-13-5-7-17-46-73-64(67)4-2/h3-4,23-40,50H,1-2,5-20,41-49,51-52H2. The van der Waals surface area contributed by atoms with E-state index in [0.29, 0.717) is 82.9 Å². The van der Waals surface area contributed by atoms with Crippen LogP contribution >= 0.6 is 0 Å². The topological polar surface area (TPSA) is 145 Å². The van der Waals surface area contributed by atoms with Crippen LogP contribution in [-0.2, 0) is 51.9 Å². The van der Waals surface area contributed by atoms with Crippen molar-refractivity contribution in [1.29, 1.82) is 0 Å². The summed E-state index contributed by atoms with van der Waals surface area (Å²) < 4.78 is 48.7. The third-order valence-electron chi connectivity index (χ3n) is 12.1. The van der Waals surface area contributed by atoms with E-state index < -0.39 is 11.8 Å². The lowest BCUT2D eigenvalue weighted by Crippen LogP contribution is -2.07. The van der Waals surface area contributed by atoms with Gasteiger partial charge in [0, 0.05) is 17.2 Å². The Hall–Kier alpha value is -7.19. The van der Waals surface area contributed by atoms with Gasteiger partial charge in [0.1, 0.15) is 42.8 Å². The molecule has 5 aromatic carbocycles. The number of hydrogen-bond acceptors (Lipinski definition) is 14. The summed E-state index contributed by atoms with van der Waals surface area (Å²) in [6.45, 7) is 12.1. The monoisotopic (exact) mass is 1100 g/mol. The first kappa shape index (κ1) is 63.6. The highest BCUT2D eigenvalue weighted by Gasteiger charge is 2.09. The molecule has 0 spiro atoms. The first-order valence-corrected chi connectivity index (χ1v) is 27.9. The molecule has 5 rings (SSSR count). The van der Waals surface area contributed by atoms with Gasteiger partial charge >= 0.3 is 11.9 Å². The van der Waals surface area contributed by atoms with Crippen molar-refractivity contribution < 1.29 is 71.7 Å². The highest BCUT2D eigenvalue weighted by molar-refractivity contribution is 5.89. The number of esters is 2. The summed E-state index contributed by atoms with van der Waals surface area (Å²) in [5.41, 5.74) is 3.61. The average Bonchev–Trinajstić information content (AvgIpc) is 3.48. The summed E-state index contributed by atoms with van der Waals surface area (Å²) >= 11 is 0. The van der Waals surface area contributed by atoms with Crippen LogP contribution in [0.1, 0.15) is 135 Å². The molecule has 0 radical (unpaired) electrons. The van der Waals surface area contributed by atoms with Gasteiger partial charge in [-0.1, -0.05) is 61.6 Å². The number of halogens is 1. The second kappa shape index (κ2) is 40.9. The maximum Gasteiger partial charge on any atom is 0.338 e. The first-order chi connectivity index (χ1) is 39.4. The predicted molar refractivity (Wildman–Crippen MR) is 304 cm³/mol. The van der Waals surface area contributed by atoms with Gasteiger partial charge in [0.15, 0.2) is 5.82 Å². The molecule has 0 aliphatic carbocycles. The Morgan fingerprint density at radius 3 is 1.32 bits per heavy atom. The van der Waals surface area contributed by atoms with E-state index in [1.807, 2.05) is 72.8 Å². The summed E-state index contributed by atoms with van der Waals surface area (Å²) in [5.74, 6) is 7.73. The van der Waals surface area contributed by atoms with Crippen LogP contribution in [0.25, 0.3) is 0 Å². The Morgan fingerprint density at radius 1 is 0.425 bits per heavy atom. The molecule has 0 aliphatic rings. The van der Waals surface area contributed by atoms with Crippen LogP contribution in [0.4, 0.5) is 4.39 Å². The van der Waals surface area contributed by atoms with Crippen molar-refractivity contribution in [2.45, 2.75) is 116 Å². The van der Waals surface area contributed by atoms with Crippen LogP contribution in [0.3, 0.4) is 0 Å².